The van der Waals surface area contributed by atoms with Gasteiger partial charge < -0.3 is 14.4 Å². The fourth-order valence-electron chi connectivity index (χ4n) is 3.85. The number of nitrogens with zero attached hydrogens (tertiary/aromatic N) is 1. The molecule has 0 aliphatic carbocycles. The van der Waals surface area contributed by atoms with Gasteiger partial charge in [-0.1, -0.05) is 17.7 Å². The number of ether oxygens (including phenoxy) is 2. The Hall–Kier alpha value is -3.52. The summed E-state index contributed by atoms with van der Waals surface area (Å²) in [7, 11) is -0.566. The maximum absolute atomic E-state index is 13.1. The number of nitrogens with one attached hydrogen (secondary N) is 1. The summed E-state index contributed by atoms with van der Waals surface area (Å²) in [6.45, 7) is 2.95. The van der Waals surface area contributed by atoms with E-state index in [4.69, 9.17) is 9.47 Å². The summed E-state index contributed by atoms with van der Waals surface area (Å²) in [5.41, 5.74) is 4.10. The number of benzene rings is 3. The van der Waals surface area contributed by atoms with Crippen molar-refractivity contribution >= 4 is 21.6 Å². The van der Waals surface area contributed by atoms with Gasteiger partial charge in [-0.15, -0.1) is 0 Å². The van der Waals surface area contributed by atoms with E-state index < -0.39 is 10.0 Å². The fourth-order valence-corrected chi connectivity index (χ4v) is 4.91. The number of rotatable bonds is 6. The molecule has 1 aliphatic rings. The van der Waals surface area contributed by atoms with Gasteiger partial charge in [0.2, 0.25) is 0 Å². The standard InChI is InChI=1S/C25H26N2O5S/c1-17-4-8-21(9-5-17)26-33(29,30)22-10-6-18(7-11-22)25(28)27-13-12-19-14-23(31-2)24(32-3)15-20(19)16-27/h4-11,14-15,26H,12-13,16H2,1-3H3. The SMILES string of the molecule is COc1cc2c(cc1OC)CN(C(=O)c1ccc(S(=O)(=O)Nc3ccc(C)cc3)cc1)CC2. The molecule has 0 atom stereocenters. The monoisotopic (exact) mass is 466 g/mol. The summed E-state index contributed by atoms with van der Waals surface area (Å²) in [5, 5.41) is 0. The molecule has 0 aromatic heterocycles. The minimum Gasteiger partial charge on any atom is -0.493 e. The Morgan fingerprint density at radius 1 is 0.909 bits per heavy atom. The summed E-state index contributed by atoms with van der Waals surface area (Å²) in [4.78, 5) is 14.9. The second-order valence-electron chi connectivity index (χ2n) is 7.95. The third-order valence-electron chi connectivity index (χ3n) is 5.72. The number of methoxy groups -OCH3 is 2. The largest absolute Gasteiger partial charge is 0.493 e. The zero-order chi connectivity index (χ0) is 23.6. The first-order chi connectivity index (χ1) is 15.8. The molecule has 0 spiro atoms. The lowest BCUT2D eigenvalue weighted by atomic mass is 9.98. The molecular weight excluding hydrogens is 440 g/mol. The van der Waals surface area contributed by atoms with Gasteiger partial charge in [0.15, 0.2) is 11.5 Å². The lowest BCUT2D eigenvalue weighted by molar-refractivity contribution is 0.0734. The van der Waals surface area contributed by atoms with Crippen molar-refractivity contribution in [3.05, 3.63) is 82.9 Å². The summed E-state index contributed by atoms with van der Waals surface area (Å²) in [6, 6.07) is 17.0. The zero-order valence-electron chi connectivity index (χ0n) is 18.8. The van der Waals surface area contributed by atoms with Crippen molar-refractivity contribution in [2.75, 3.05) is 25.5 Å². The van der Waals surface area contributed by atoms with E-state index in [0.717, 1.165) is 16.7 Å². The maximum Gasteiger partial charge on any atom is 0.261 e. The van der Waals surface area contributed by atoms with Crippen molar-refractivity contribution in [1.29, 1.82) is 0 Å². The van der Waals surface area contributed by atoms with E-state index in [1.807, 2.05) is 31.2 Å². The smallest absolute Gasteiger partial charge is 0.261 e. The van der Waals surface area contributed by atoms with Gasteiger partial charge in [-0.2, -0.15) is 0 Å². The van der Waals surface area contributed by atoms with E-state index in [9.17, 15) is 13.2 Å². The third-order valence-corrected chi connectivity index (χ3v) is 7.12. The lowest BCUT2D eigenvalue weighted by Gasteiger charge is -2.29. The molecule has 8 heteroatoms. The molecule has 1 heterocycles. The number of hydrogen-bond donors (Lipinski definition) is 1. The second-order valence-corrected chi connectivity index (χ2v) is 9.63. The van der Waals surface area contributed by atoms with Gasteiger partial charge in [-0.05, 0) is 73.0 Å². The van der Waals surface area contributed by atoms with Crippen molar-refractivity contribution in [2.45, 2.75) is 24.8 Å². The van der Waals surface area contributed by atoms with Crippen LogP contribution in [0.1, 0.15) is 27.0 Å². The number of carbonyl (C=O) groups excluding carboxylic acids is 1. The van der Waals surface area contributed by atoms with Crippen molar-refractivity contribution in [1.82, 2.24) is 4.90 Å². The Morgan fingerprint density at radius 2 is 1.52 bits per heavy atom. The average molecular weight is 467 g/mol. The molecule has 7 nitrogen and oxygen atoms in total. The molecule has 1 N–H and O–H groups in total. The molecule has 0 saturated heterocycles. The molecule has 4 rings (SSSR count). The summed E-state index contributed by atoms with van der Waals surface area (Å²) in [6.07, 6.45) is 0.703. The van der Waals surface area contributed by atoms with Crippen LogP contribution in [0.3, 0.4) is 0 Å². The number of anilines is 1. The second kappa shape index (κ2) is 9.15. The predicted molar refractivity (Wildman–Crippen MR) is 126 cm³/mol. The summed E-state index contributed by atoms with van der Waals surface area (Å²) < 4.78 is 38.7. The highest BCUT2D eigenvalue weighted by Gasteiger charge is 2.24. The van der Waals surface area contributed by atoms with Gasteiger partial charge in [0.05, 0.1) is 19.1 Å². The quantitative estimate of drug-likeness (QED) is 0.593. The molecule has 172 valence electrons. The number of amides is 1. The van der Waals surface area contributed by atoms with Gasteiger partial charge in [-0.3, -0.25) is 9.52 Å². The highest BCUT2D eigenvalue weighted by Crippen LogP contribution is 2.33. The zero-order valence-corrected chi connectivity index (χ0v) is 19.6. The molecule has 1 aliphatic heterocycles. The minimum atomic E-state index is -3.75. The molecule has 3 aromatic carbocycles. The van der Waals surface area contributed by atoms with E-state index >= 15 is 0 Å². The van der Waals surface area contributed by atoms with Crippen LogP contribution in [0.15, 0.2) is 65.6 Å². The number of hydrogen-bond acceptors (Lipinski definition) is 5. The highest BCUT2D eigenvalue weighted by atomic mass is 32.2. The predicted octanol–water partition coefficient (Wildman–Crippen LogP) is 4.01. The van der Waals surface area contributed by atoms with Crippen LogP contribution in [-0.4, -0.2) is 40.0 Å². The minimum absolute atomic E-state index is 0.0976. The molecular formula is C25H26N2O5S. The Balaban J connectivity index is 1.49. The molecule has 0 bridgehead atoms. The van der Waals surface area contributed by atoms with Crippen LogP contribution in [0.5, 0.6) is 11.5 Å². The number of sulfonamides is 1. The summed E-state index contributed by atoms with van der Waals surface area (Å²) in [5.74, 6) is 1.15. The van der Waals surface area contributed by atoms with Crippen LogP contribution in [0.4, 0.5) is 5.69 Å². The van der Waals surface area contributed by atoms with Crippen molar-refractivity contribution in [3.63, 3.8) is 0 Å². The van der Waals surface area contributed by atoms with Crippen LogP contribution in [0.2, 0.25) is 0 Å². The number of carbonyl (C=O) groups is 1. The van der Waals surface area contributed by atoms with Crippen LogP contribution >= 0.6 is 0 Å². The van der Waals surface area contributed by atoms with E-state index in [1.54, 1.807) is 43.4 Å². The fraction of sp³-hybridized carbons (Fsp3) is 0.240. The van der Waals surface area contributed by atoms with Gasteiger partial charge in [0.25, 0.3) is 15.9 Å². The van der Waals surface area contributed by atoms with Crippen molar-refractivity contribution in [3.8, 4) is 11.5 Å². The molecule has 1 amide bonds. The molecule has 0 radical (unpaired) electrons. The molecule has 0 fully saturated rings. The van der Waals surface area contributed by atoms with Gasteiger partial charge >= 0.3 is 0 Å². The van der Waals surface area contributed by atoms with Crippen molar-refractivity contribution in [2.24, 2.45) is 0 Å². The van der Waals surface area contributed by atoms with Gasteiger partial charge in [0, 0.05) is 24.3 Å². The van der Waals surface area contributed by atoms with E-state index in [1.165, 1.54) is 12.1 Å². The Bertz CT molecular complexity index is 1270. The Morgan fingerprint density at radius 3 is 2.12 bits per heavy atom. The molecule has 33 heavy (non-hydrogen) atoms. The van der Waals surface area contributed by atoms with Crippen LogP contribution < -0.4 is 14.2 Å². The first-order valence-electron chi connectivity index (χ1n) is 10.5. The first-order valence-corrected chi connectivity index (χ1v) is 12.0. The van der Waals surface area contributed by atoms with Crippen molar-refractivity contribution < 1.29 is 22.7 Å². The van der Waals surface area contributed by atoms with Gasteiger partial charge in [-0.25, -0.2) is 8.42 Å². The summed E-state index contributed by atoms with van der Waals surface area (Å²) >= 11 is 0. The molecule has 3 aromatic rings. The first kappa shape index (κ1) is 22.7. The van der Waals surface area contributed by atoms with E-state index in [2.05, 4.69) is 4.72 Å². The third kappa shape index (κ3) is 4.80. The number of aryl methyl sites for hydroxylation is 1. The van der Waals surface area contributed by atoms with Gasteiger partial charge in [0.1, 0.15) is 0 Å². The van der Waals surface area contributed by atoms with E-state index in [0.29, 0.717) is 42.3 Å². The topological polar surface area (TPSA) is 84.9 Å². The average Bonchev–Trinajstić information content (AvgIpc) is 2.83. The molecule has 0 unspecified atom stereocenters. The Kier molecular flexibility index (Phi) is 6.29. The Labute approximate surface area is 194 Å². The van der Waals surface area contributed by atoms with E-state index in [-0.39, 0.29) is 10.8 Å². The van der Waals surface area contributed by atoms with Crippen LogP contribution in [0, 0.1) is 6.92 Å². The highest BCUT2D eigenvalue weighted by molar-refractivity contribution is 7.92. The number of fused-ring (bicyclic) bond motifs is 1. The maximum atomic E-state index is 13.1. The van der Waals surface area contributed by atoms with Crippen LogP contribution in [0.25, 0.3) is 0 Å². The molecule has 0 saturated carbocycles. The normalized spacial score (nSPS) is 13.2. The lowest BCUT2D eigenvalue weighted by Crippen LogP contribution is -2.36. The van der Waals surface area contributed by atoms with Crippen LogP contribution in [-0.2, 0) is 23.0 Å².